The van der Waals surface area contributed by atoms with Crippen LogP contribution in [-0.4, -0.2) is 43.9 Å². The number of aryl methyl sites for hydroxylation is 1. The molecule has 0 heterocycles. The number of benzene rings is 1. The van der Waals surface area contributed by atoms with Gasteiger partial charge in [-0.2, -0.15) is 0 Å². The molecule has 5 heteroatoms. The highest BCUT2D eigenvalue weighted by Crippen LogP contribution is 2.02. The van der Waals surface area contributed by atoms with Crippen molar-refractivity contribution in [2.24, 2.45) is 0 Å². The highest BCUT2D eigenvalue weighted by Gasteiger charge is 2.11. The number of amides is 2. The second kappa shape index (κ2) is 7.53. The number of nitrogens with one attached hydrogen (secondary N) is 2. The third kappa shape index (κ3) is 6.01. The van der Waals surface area contributed by atoms with Crippen LogP contribution in [0.3, 0.4) is 0 Å². The van der Waals surface area contributed by atoms with Gasteiger partial charge in [0, 0.05) is 19.6 Å². The molecule has 0 unspecified atom stereocenters. The lowest BCUT2D eigenvalue weighted by Gasteiger charge is -2.10. The highest BCUT2D eigenvalue weighted by molar-refractivity contribution is 6.35. The lowest BCUT2D eigenvalue weighted by atomic mass is 10.1. The van der Waals surface area contributed by atoms with Gasteiger partial charge in [0.15, 0.2) is 0 Å². The van der Waals surface area contributed by atoms with Gasteiger partial charge in [0.05, 0.1) is 0 Å². The molecule has 104 valence electrons. The molecule has 0 atom stereocenters. The average Bonchev–Trinajstić information content (AvgIpc) is 2.37. The number of nitrogens with zero attached hydrogens (tertiary/aromatic N) is 1. The van der Waals surface area contributed by atoms with Crippen LogP contribution in [0.25, 0.3) is 0 Å². The summed E-state index contributed by atoms with van der Waals surface area (Å²) in [6, 6.07) is 7.80. The maximum Gasteiger partial charge on any atom is 0.309 e. The van der Waals surface area contributed by atoms with Gasteiger partial charge in [-0.25, -0.2) is 0 Å². The van der Waals surface area contributed by atoms with Crippen molar-refractivity contribution in [3.63, 3.8) is 0 Å². The molecule has 0 fully saturated rings. The molecule has 0 aromatic heterocycles. The maximum absolute atomic E-state index is 11.5. The van der Waals surface area contributed by atoms with Crippen LogP contribution in [0.5, 0.6) is 0 Å². The van der Waals surface area contributed by atoms with Crippen LogP contribution in [0.1, 0.15) is 11.1 Å². The second-order valence-corrected chi connectivity index (χ2v) is 4.73. The topological polar surface area (TPSA) is 61.4 Å². The standard InChI is InChI=1S/C14H21N3O2/c1-11-4-6-12(7-5-11)10-16-14(19)13(18)15-8-9-17(2)3/h4-7H,8-10H2,1-3H3,(H,15,18)(H,16,19). The Bertz CT molecular complexity index is 427. The number of rotatable bonds is 5. The molecule has 0 aliphatic rings. The van der Waals surface area contributed by atoms with Crippen LogP contribution >= 0.6 is 0 Å². The zero-order valence-electron chi connectivity index (χ0n) is 11.7. The molecule has 0 spiro atoms. The zero-order valence-corrected chi connectivity index (χ0v) is 11.7. The average molecular weight is 263 g/mol. The summed E-state index contributed by atoms with van der Waals surface area (Å²) in [4.78, 5) is 24.9. The number of hydrogen-bond donors (Lipinski definition) is 2. The minimum atomic E-state index is -0.598. The van der Waals surface area contributed by atoms with Crippen LogP contribution < -0.4 is 10.6 Å². The van der Waals surface area contributed by atoms with E-state index in [1.54, 1.807) is 0 Å². The lowest BCUT2D eigenvalue weighted by Crippen LogP contribution is -2.41. The summed E-state index contributed by atoms with van der Waals surface area (Å²) >= 11 is 0. The van der Waals surface area contributed by atoms with E-state index in [4.69, 9.17) is 0 Å². The van der Waals surface area contributed by atoms with Gasteiger partial charge in [-0.3, -0.25) is 9.59 Å². The summed E-state index contributed by atoms with van der Waals surface area (Å²) in [6.07, 6.45) is 0. The molecule has 2 N–H and O–H groups in total. The summed E-state index contributed by atoms with van der Waals surface area (Å²) in [6.45, 7) is 3.53. The minimum absolute atomic E-state index is 0.361. The zero-order chi connectivity index (χ0) is 14.3. The van der Waals surface area contributed by atoms with Crippen LogP contribution in [0.2, 0.25) is 0 Å². The Kier molecular flexibility index (Phi) is 6.02. The SMILES string of the molecule is Cc1ccc(CNC(=O)C(=O)NCCN(C)C)cc1. The van der Waals surface area contributed by atoms with E-state index in [9.17, 15) is 9.59 Å². The van der Waals surface area contributed by atoms with Crippen molar-refractivity contribution in [3.05, 3.63) is 35.4 Å². The maximum atomic E-state index is 11.5. The first kappa shape index (κ1) is 15.2. The third-order valence-corrected chi connectivity index (χ3v) is 2.62. The molecule has 5 nitrogen and oxygen atoms in total. The molecule has 0 saturated heterocycles. The monoisotopic (exact) mass is 263 g/mol. The highest BCUT2D eigenvalue weighted by atomic mass is 16.2. The normalized spacial score (nSPS) is 10.3. The number of carbonyl (C=O) groups is 2. The molecule has 19 heavy (non-hydrogen) atoms. The summed E-state index contributed by atoms with van der Waals surface area (Å²) < 4.78 is 0. The molecule has 0 saturated carbocycles. The molecule has 0 radical (unpaired) electrons. The van der Waals surface area contributed by atoms with Gasteiger partial charge in [-0.05, 0) is 26.6 Å². The fraction of sp³-hybridized carbons (Fsp3) is 0.429. The van der Waals surface area contributed by atoms with E-state index in [-0.39, 0.29) is 0 Å². The Morgan fingerprint density at radius 3 is 2.21 bits per heavy atom. The minimum Gasteiger partial charge on any atom is -0.347 e. The van der Waals surface area contributed by atoms with Crippen LogP contribution in [0, 0.1) is 6.92 Å². The van der Waals surface area contributed by atoms with Gasteiger partial charge >= 0.3 is 11.8 Å². The first-order valence-corrected chi connectivity index (χ1v) is 6.25. The predicted octanol–water partition coefficient (Wildman–Crippen LogP) is 0.289. The van der Waals surface area contributed by atoms with Gasteiger partial charge in [-0.15, -0.1) is 0 Å². The Morgan fingerprint density at radius 2 is 1.63 bits per heavy atom. The number of carbonyl (C=O) groups excluding carboxylic acids is 2. The van der Waals surface area contributed by atoms with E-state index < -0.39 is 11.8 Å². The fourth-order valence-corrected chi connectivity index (χ4v) is 1.44. The van der Waals surface area contributed by atoms with Gasteiger partial charge < -0.3 is 15.5 Å². The fourth-order valence-electron chi connectivity index (χ4n) is 1.44. The predicted molar refractivity (Wildman–Crippen MR) is 74.6 cm³/mol. The summed E-state index contributed by atoms with van der Waals surface area (Å²) in [5, 5.41) is 5.16. The number of likely N-dealkylation sites (N-methyl/N-ethyl adjacent to an activating group) is 1. The largest absolute Gasteiger partial charge is 0.347 e. The van der Waals surface area contributed by atoms with Crippen LogP contribution in [0.15, 0.2) is 24.3 Å². The van der Waals surface area contributed by atoms with Gasteiger partial charge in [0.2, 0.25) is 0 Å². The quantitative estimate of drug-likeness (QED) is 0.751. The third-order valence-electron chi connectivity index (χ3n) is 2.62. The summed E-state index contributed by atoms with van der Waals surface area (Å²) in [5.74, 6) is -1.19. The van der Waals surface area contributed by atoms with Gasteiger partial charge in [-0.1, -0.05) is 29.8 Å². The summed E-state index contributed by atoms with van der Waals surface area (Å²) in [5.41, 5.74) is 2.14. The van der Waals surface area contributed by atoms with E-state index in [0.29, 0.717) is 19.6 Å². The van der Waals surface area contributed by atoms with Crippen molar-refractivity contribution < 1.29 is 9.59 Å². The van der Waals surface area contributed by atoms with Gasteiger partial charge in [0.1, 0.15) is 0 Å². The molecule has 0 bridgehead atoms. The molecular formula is C14H21N3O2. The molecular weight excluding hydrogens is 242 g/mol. The molecule has 0 aliphatic heterocycles. The lowest BCUT2D eigenvalue weighted by molar-refractivity contribution is -0.139. The Balaban J connectivity index is 2.30. The molecule has 1 aromatic rings. The van der Waals surface area contributed by atoms with Gasteiger partial charge in [0.25, 0.3) is 0 Å². The van der Waals surface area contributed by atoms with E-state index >= 15 is 0 Å². The molecule has 1 rings (SSSR count). The van der Waals surface area contributed by atoms with E-state index in [0.717, 1.165) is 11.1 Å². The van der Waals surface area contributed by atoms with Crippen LogP contribution in [-0.2, 0) is 16.1 Å². The van der Waals surface area contributed by atoms with Crippen molar-refractivity contribution >= 4 is 11.8 Å². The Morgan fingerprint density at radius 1 is 1.05 bits per heavy atom. The van der Waals surface area contributed by atoms with Crippen LogP contribution in [0.4, 0.5) is 0 Å². The molecule has 1 aromatic carbocycles. The van der Waals surface area contributed by atoms with Crippen molar-refractivity contribution in [2.75, 3.05) is 27.2 Å². The van der Waals surface area contributed by atoms with Crippen molar-refractivity contribution in [1.82, 2.24) is 15.5 Å². The van der Waals surface area contributed by atoms with E-state index in [1.807, 2.05) is 50.2 Å². The summed E-state index contributed by atoms with van der Waals surface area (Å²) in [7, 11) is 3.81. The molecule has 2 amide bonds. The van der Waals surface area contributed by atoms with E-state index in [2.05, 4.69) is 10.6 Å². The Labute approximate surface area is 114 Å². The molecule has 0 aliphatic carbocycles. The van der Waals surface area contributed by atoms with E-state index in [1.165, 1.54) is 0 Å². The van der Waals surface area contributed by atoms with Crippen molar-refractivity contribution in [1.29, 1.82) is 0 Å². The second-order valence-electron chi connectivity index (χ2n) is 4.73. The first-order valence-electron chi connectivity index (χ1n) is 6.25. The van der Waals surface area contributed by atoms with Crippen molar-refractivity contribution in [3.8, 4) is 0 Å². The smallest absolute Gasteiger partial charge is 0.309 e. The first-order chi connectivity index (χ1) is 8.99. The number of hydrogen-bond acceptors (Lipinski definition) is 3. The van der Waals surface area contributed by atoms with Crippen molar-refractivity contribution in [2.45, 2.75) is 13.5 Å². The Hall–Kier alpha value is -1.88.